The highest BCUT2D eigenvalue weighted by molar-refractivity contribution is 7.22. The highest BCUT2D eigenvalue weighted by Crippen LogP contribution is 2.29. The quantitative estimate of drug-likeness (QED) is 0.619. The summed E-state index contributed by atoms with van der Waals surface area (Å²) in [5.74, 6) is -1.06. The summed E-state index contributed by atoms with van der Waals surface area (Å²) in [5.41, 5.74) is 0.250. The summed E-state index contributed by atoms with van der Waals surface area (Å²) in [6.07, 6.45) is 2.95. The van der Waals surface area contributed by atoms with Crippen LogP contribution in [0.1, 0.15) is 12.8 Å². The fraction of sp³-hybridized carbons (Fsp3) is 0.350. The van der Waals surface area contributed by atoms with Gasteiger partial charge in [0.25, 0.3) is 5.56 Å². The average Bonchev–Trinajstić information content (AvgIpc) is 3.20. The first-order valence-electron chi connectivity index (χ1n) is 9.82. The lowest BCUT2D eigenvalue weighted by molar-refractivity contribution is -0.124. The summed E-state index contributed by atoms with van der Waals surface area (Å²) >= 11 is 1.20. The van der Waals surface area contributed by atoms with Gasteiger partial charge in [-0.2, -0.15) is 4.98 Å². The van der Waals surface area contributed by atoms with E-state index in [0.717, 1.165) is 19.4 Å². The number of thiazole rings is 1. The number of hydrogen-bond acceptors (Lipinski definition) is 7. The van der Waals surface area contributed by atoms with Gasteiger partial charge in [-0.3, -0.25) is 19.0 Å². The molecule has 2 aromatic heterocycles. The summed E-state index contributed by atoms with van der Waals surface area (Å²) in [6.45, 7) is 1.02. The van der Waals surface area contributed by atoms with Crippen LogP contribution in [0.5, 0.6) is 0 Å². The van der Waals surface area contributed by atoms with Crippen molar-refractivity contribution in [2.75, 3.05) is 30.4 Å². The van der Waals surface area contributed by atoms with E-state index in [-0.39, 0.29) is 23.9 Å². The molecule has 1 unspecified atom stereocenters. The van der Waals surface area contributed by atoms with Gasteiger partial charge in [-0.05, 0) is 31.0 Å². The van der Waals surface area contributed by atoms with E-state index in [1.54, 1.807) is 13.1 Å². The van der Waals surface area contributed by atoms with Crippen molar-refractivity contribution in [1.29, 1.82) is 0 Å². The minimum atomic E-state index is -0.469. The fourth-order valence-corrected chi connectivity index (χ4v) is 4.58. The molecule has 1 aromatic carbocycles. The molecule has 0 bridgehead atoms. The molecule has 3 heterocycles. The highest BCUT2D eigenvalue weighted by Gasteiger charge is 2.27. The number of carbonyl (C=O) groups is 2. The average molecular weight is 444 g/mol. The van der Waals surface area contributed by atoms with Crippen molar-refractivity contribution in [2.24, 2.45) is 5.92 Å². The second-order valence-electron chi connectivity index (χ2n) is 7.28. The van der Waals surface area contributed by atoms with Crippen LogP contribution in [0.25, 0.3) is 10.3 Å². The van der Waals surface area contributed by atoms with Gasteiger partial charge in [-0.15, -0.1) is 0 Å². The van der Waals surface area contributed by atoms with Crippen LogP contribution in [-0.2, 0) is 16.1 Å². The predicted octanol–water partition coefficient (Wildman–Crippen LogP) is 1.59. The SMILES string of the molecule is CNC(=O)C1CCCN(c2nc3ncn(CC(=O)Nc4cccc(F)c4)c(=O)c3s2)C1. The smallest absolute Gasteiger partial charge is 0.273 e. The number of nitrogens with zero attached hydrogens (tertiary/aromatic N) is 4. The summed E-state index contributed by atoms with van der Waals surface area (Å²) in [7, 11) is 1.62. The van der Waals surface area contributed by atoms with Gasteiger partial charge in [-0.1, -0.05) is 17.4 Å². The second-order valence-corrected chi connectivity index (χ2v) is 8.26. The maximum absolute atomic E-state index is 13.3. The van der Waals surface area contributed by atoms with E-state index in [0.29, 0.717) is 27.7 Å². The molecule has 0 radical (unpaired) electrons. The summed E-state index contributed by atoms with van der Waals surface area (Å²) < 4.78 is 14.8. The van der Waals surface area contributed by atoms with Crippen molar-refractivity contribution < 1.29 is 14.0 Å². The zero-order valence-electron chi connectivity index (χ0n) is 16.8. The fourth-order valence-electron chi connectivity index (χ4n) is 3.57. The largest absolute Gasteiger partial charge is 0.359 e. The molecule has 2 N–H and O–H groups in total. The van der Waals surface area contributed by atoms with Crippen LogP contribution in [0.4, 0.5) is 15.2 Å². The van der Waals surface area contributed by atoms with Crippen molar-refractivity contribution in [1.82, 2.24) is 19.9 Å². The van der Waals surface area contributed by atoms with E-state index in [1.165, 1.54) is 40.4 Å². The Morgan fingerprint density at radius 1 is 1.35 bits per heavy atom. The first kappa shape index (κ1) is 20.9. The number of benzene rings is 1. The van der Waals surface area contributed by atoms with Gasteiger partial charge < -0.3 is 15.5 Å². The Kier molecular flexibility index (Phi) is 5.94. The molecule has 1 atom stereocenters. The Labute approximate surface area is 180 Å². The summed E-state index contributed by atoms with van der Waals surface area (Å²) in [5, 5.41) is 5.88. The summed E-state index contributed by atoms with van der Waals surface area (Å²) in [6, 6.07) is 5.52. The number of nitrogens with one attached hydrogen (secondary N) is 2. The highest BCUT2D eigenvalue weighted by atomic mass is 32.1. The first-order valence-corrected chi connectivity index (χ1v) is 10.6. The molecule has 31 heavy (non-hydrogen) atoms. The molecule has 3 aromatic rings. The Bertz CT molecular complexity index is 1190. The van der Waals surface area contributed by atoms with Gasteiger partial charge in [0.2, 0.25) is 11.8 Å². The number of carbonyl (C=O) groups excluding carboxylic acids is 2. The van der Waals surface area contributed by atoms with Crippen LogP contribution >= 0.6 is 11.3 Å². The monoisotopic (exact) mass is 444 g/mol. The molecule has 2 amide bonds. The molecular formula is C20H21FN6O3S. The standard InChI is InChI=1S/C20H21FN6O3S/c1-22-18(29)12-4-3-7-26(9-12)20-25-17-16(31-20)19(30)27(11-23-17)10-15(28)24-14-6-2-5-13(21)8-14/h2,5-6,8,11-12H,3-4,7,9-10H2,1H3,(H,22,29)(H,24,28). The van der Waals surface area contributed by atoms with E-state index in [9.17, 15) is 18.8 Å². The van der Waals surface area contributed by atoms with E-state index >= 15 is 0 Å². The van der Waals surface area contributed by atoms with Crippen molar-refractivity contribution in [3.05, 3.63) is 46.8 Å². The molecule has 0 spiro atoms. The third-order valence-corrected chi connectivity index (χ3v) is 6.20. The van der Waals surface area contributed by atoms with Crippen molar-refractivity contribution in [2.45, 2.75) is 19.4 Å². The van der Waals surface area contributed by atoms with Crippen LogP contribution in [-0.4, -0.2) is 46.5 Å². The lowest BCUT2D eigenvalue weighted by Gasteiger charge is -2.31. The third-order valence-electron chi connectivity index (χ3n) is 5.10. The number of rotatable bonds is 5. The summed E-state index contributed by atoms with van der Waals surface area (Å²) in [4.78, 5) is 47.8. The minimum Gasteiger partial charge on any atom is -0.359 e. The second kappa shape index (κ2) is 8.80. The van der Waals surface area contributed by atoms with Crippen LogP contribution in [0.15, 0.2) is 35.4 Å². The first-order chi connectivity index (χ1) is 14.9. The molecule has 0 saturated carbocycles. The molecule has 1 aliphatic rings. The van der Waals surface area contributed by atoms with Gasteiger partial charge in [0.05, 0.1) is 5.92 Å². The normalized spacial score (nSPS) is 16.3. The van der Waals surface area contributed by atoms with Crippen molar-refractivity contribution in [3.63, 3.8) is 0 Å². The van der Waals surface area contributed by atoms with E-state index in [2.05, 4.69) is 20.6 Å². The molecule has 1 aliphatic heterocycles. The molecule has 1 saturated heterocycles. The molecule has 1 fully saturated rings. The van der Waals surface area contributed by atoms with Gasteiger partial charge in [0, 0.05) is 25.8 Å². The number of hydrogen-bond donors (Lipinski definition) is 2. The number of aromatic nitrogens is 3. The zero-order chi connectivity index (χ0) is 22.0. The maximum atomic E-state index is 13.3. The van der Waals surface area contributed by atoms with Gasteiger partial charge >= 0.3 is 0 Å². The van der Waals surface area contributed by atoms with Crippen LogP contribution in [0.2, 0.25) is 0 Å². The lowest BCUT2D eigenvalue weighted by atomic mass is 9.98. The Balaban J connectivity index is 1.52. The minimum absolute atomic E-state index is 0.00407. The molecular weight excluding hydrogens is 423 g/mol. The molecule has 0 aliphatic carbocycles. The van der Waals surface area contributed by atoms with Crippen LogP contribution in [0.3, 0.4) is 0 Å². The van der Waals surface area contributed by atoms with E-state index in [4.69, 9.17) is 0 Å². The van der Waals surface area contributed by atoms with Crippen LogP contribution < -0.4 is 21.1 Å². The number of piperidine rings is 1. The van der Waals surface area contributed by atoms with Gasteiger partial charge in [0.1, 0.15) is 23.4 Å². The van der Waals surface area contributed by atoms with Crippen molar-refractivity contribution >= 4 is 44.3 Å². The molecule has 9 nitrogen and oxygen atoms in total. The third kappa shape index (κ3) is 4.55. The maximum Gasteiger partial charge on any atom is 0.273 e. The van der Waals surface area contributed by atoms with E-state index in [1.807, 2.05) is 4.90 Å². The number of fused-ring (bicyclic) bond motifs is 1. The number of amides is 2. The predicted molar refractivity (Wildman–Crippen MR) is 116 cm³/mol. The molecule has 4 rings (SSSR count). The Morgan fingerprint density at radius 2 is 2.19 bits per heavy atom. The Morgan fingerprint density at radius 3 is 2.97 bits per heavy atom. The molecule has 162 valence electrons. The molecule has 11 heteroatoms. The van der Waals surface area contributed by atoms with E-state index < -0.39 is 11.7 Å². The van der Waals surface area contributed by atoms with Gasteiger partial charge in [-0.25, -0.2) is 9.37 Å². The number of halogens is 1. The lowest BCUT2D eigenvalue weighted by Crippen LogP contribution is -2.42. The van der Waals surface area contributed by atoms with Crippen molar-refractivity contribution in [3.8, 4) is 0 Å². The Hall–Kier alpha value is -3.34. The topological polar surface area (TPSA) is 109 Å². The zero-order valence-corrected chi connectivity index (χ0v) is 17.6. The van der Waals surface area contributed by atoms with Gasteiger partial charge in [0.15, 0.2) is 10.8 Å². The number of anilines is 2. The van der Waals surface area contributed by atoms with Crippen LogP contribution in [0, 0.1) is 11.7 Å².